The Balaban J connectivity index is 2.82. The number of aromatic nitrogens is 1. The first-order valence-corrected chi connectivity index (χ1v) is 5.84. The fraction of sp³-hybridized carbons (Fsp3) is 0.500. The summed E-state index contributed by atoms with van der Waals surface area (Å²) in [5, 5.41) is 2.98. The highest BCUT2D eigenvalue weighted by molar-refractivity contribution is 5.79. The monoisotopic (exact) mass is 236 g/mol. The minimum Gasteiger partial charge on any atom is -0.373 e. The van der Waals surface area contributed by atoms with E-state index in [1.807, 2.05) is 24.1 Å². The quantitative estimate of drug-likeness (QED) is 0.746. The van der Waals surface area contributed by atoms with Crippen LogP contribution in [0.5, 0.6) is 0 Å². The molecule has 1 aromatic heterocycles. The van der Waals surface area contributed by atoms with E-state index < -0.39 is 0 Å². The Bertz CT molecular complexity index is 367. The van der Waals surface area contributed by atoms with E-state index in [2.05, 4.69) is 17.2 Å². The minimum atomic E-state index is -0.316. The number of amides is 1. The first kappa shape index (κ1) is 13.3. The molecule has 0 aromatic carbocycles. The van der Waals surface area contributed by atoms with Gasteiger partial charge < -0.3 is 16.0 Å². The number of nitrogens with one attached hydrogen (secondary N) is 1. The predicted molar refractivity (Wildman–Crippen MR) is 70.1 cm³/mol. The fourth-order valence-corrected chi connectivity index (χ4v) is 1.59. The molecule has 94 valence electrons. The smallest absolute Gasteiger partial charge is 0.236 e. The number of carbonyl (C=O) groups excluding carboxylic acids is 1. The second-order valence-corrected chi connectivity index (χ2v) is 3.89. The molecule has 0 saturated heterocycles. The van der Waals surface area contributed by atoms with Gasteiger partial charge in [0, 0.05) is 31.5 Å². The van der Waals surface area contributed by atoms with Crippen LogP contribution in [0.2, 0.25) is 0 Å². The first-order chi connectivity index (χ1) is 8.17. The highest BCUT2D eigenvalue weighted by atomic mass is 16.1. The Labute approximate surface area is 102 Å². The summed E-state index contributed by atoms with van der Waals surface area (Å²) in [4.78, 5) is 17.2. The second kappa shape index (κ2) is 6.73. The third-order valence-corrected chi connectivity index (χ3v) is 2.49. The zero-order valence-corrected chi connectivity index (χ0v) is 10.4. The number of anilines is 2. The van der Waals surface area contributed by atoms with E-state index in [4.69, 9.17) is 5.73 Å². The van der Waals surface area contributed by atoms with Crippen molar-refractivity contribution >= 4 is 17.4 Å². The molecule has 0 spiro atoms. The highest BCUT2D eigenvalue weighted by Gasteiger charge is 2.09. The lowest BCUT2D eigenvalue weighted by molar-refractivity contribution is -0.116. The molecule has 0 fully saturated rings. The third kappa shape index (κ3) is 4.30. The number of nitrogens with two attached hydrogens (primary N) is 1. The number of nitrogens with zero attached hydrogens (tertiary/aromatic N) is 2. The number of rotatable bonds is 7. The van der Waals surface area contributed by atoms with Crippen LogP contribution in [0.1, 0.15) is 19.8 Å². The summed E-state index contributed by atoms with van der Waals surface area (Å²) < 4.78 is 0. The molecule has 5 heteroatoms. The maximum absolute atomic E-state index is 11.0. The number of carbonyl (C=O) groups is 1. The van der Waals surface area contributed by atoms with Gasteiger partial charge in [-0.1, -0.05) is 13.3 Å². The van der Waals surface area contributed by atoms with Crippen molar-refractivity contribution in [2.24, 2.45) is 5.73 Å². The molecule has 0 aliphatic rings. The van der Waals surface area contributed by atoms with Crippen LogP contribution >= 0.6 is 0 Å². The Morgan fingerprint density at radius 1 is 1.59 bits per heavy atom. The maximum atomic E-state index is 11.0. The van der Waals surface area contributed by atoms with E-state index >= 15 is 0 Å². The van der Waals surface area contributed by atoms with Crippen LogP contribution < -0.4 is 16.0 Å². The van der Waals surface area contributed by atoms with Gasteiger partial charge in [-0.05, 0) is 12.5 Å². The van der Waals surface area contributed by atoms with Crippen molar-refractivity contribution in [1.29, 1.82) is 0 Å². The summed E-state index contributed by atoms with van der Waals surface area (Å²) in [5.41, 5.74) is 6.23. The van der Waals surface area contributed by atoms with Gasteiger partial charge in [-0.2, -0.15) is 0 Å². The molecule has 1 aromatic rings. The number of primary amides is 1. The van der Waals surface area contributed by atoms with Crippen LogP contribution in [0.25, 0.3) is 0 Å². The molecule has 0 radical (unpaired) electrons. The molecule has 3 N–H and O–H groups in total. The molecule has 1 amide bonds. The van der Waals surface area contributed by atoms with Gasteiger partial charge in [0.05, 0.1) is 6.54 Å². The molecular formula is C12H20N4O. The lowest BCUT2D eigenvalue weighted by Crippen LogP contribution is -2.34. The van der Waals surface area contributed by atoms with E-state index in [1.54, 1.807) is 6.20 Å². The van der Waals surface area contributed by atoms with E-state index in [0.29, 0.717) is 0 Å². The van der Waals surface area contributed by atoms with Gasteiger partial charge in [-0.3, -0.25) is 4.79 Å². The first-order valence-electron chi connectivity index (χ1n) is 5.84. The van der Waals surface area contributed by atoms with Crippen LogP contribution in [-0.4, -0.2) is 31.0 Å². The van der Waals surface area contributed by atoms with Crippen molar-refractivity contribution in [2.45, 2.75) is 19.8 Å². The minimum absolute atomic E-state index is 0.243. The average Bonchev–Trinajstić information content (AvgIpc) is 2.34. The van der Waals surface area contributed by atoms with E-state index in [0.717, 1.165) is 30.9 Å². The van der Waals surface area contributed by atoms with Crippen molar-refractivity contribution in [3.63, 3.8) is 0 Å². The second-order valence-electron chi connectivity index (χ2n) is 3.89. The number of unbranched alkanes of at least 4 members (excludes halogenated alkanes) is 1. The van der Waals surface area contributed by atoms with E-state index in [9.17, 15) is 4.79 Å². The van der Waals surface area contributed by atoms with Gasteiger partial charge in [-0.25, -0.2) is 4.98 Å². The van der Waals surface area contributed by atoms with Crippen LogP contribution in [0.15, 0.2) is 18.3 Å². The van der Waals surface area contributed by atoms with Crippen molar-refractivity contribution in [2.75, 3.05) is 30.4 Å². The average molecular weight is 236 g/mol. The third-order valence-electron chi connectivity index (χ3n) is 2.49. The molecule has 0 aliphatic carbocycles. The molecule has 0 aliphatic heterocycles. The van der Waals surface area contributed by atoms with E-state index in [-0.39, 0.29) is 12.5 Å². The Kier molecular flexibility index (Phi) is 5.26. The largest absolute Gasteiger partial charge is 0.373 e. The molecule has 0 saturated carbocycles. The summed E-state index contributed by atoms with van der Waals surface area (Å²) in [6, 6.07) is 3.80. The molecule has 17 heavy (non-hydrogen) atoms. The SMILES string of the molecule is CCCCN(CC(N)=O)c1ccnc(NC)c1. The van der Waals surface area contributed by atoms with Crippen LogP contribution in [-0.2, 0) is 4.79 Å². The normalized spacial score (nSPS) is 10.0. The molecule has 0 atom stereocenters. The summed E-state index contributed by atoms with van der Waals surface area (Å²) in [6.45, 7) is 3.19. The molecule has 1 rings (SSSR count). The summed E-state index contributed by atoms with van der Waals surface area (Å²) in [5.74, 6) is 0.470. The molecular weight excluding hydrogens is 216 g/mol. The zero-order valence-electron chi connectivity index (χ0n) is 10.4. The number of hydrogen-bond acceptors (Lipinski definition) is 4. The Morgan fingerprint density at radius 2 is 2.35 bits per heavy atom. The summed E-state index contributed by atoms with van der Waals surface area (Å²) in [7, 11) is 1.82. The van der Waals surface area contributed by atoms with Gasteiger partial charge >= 0.3 is 0 Å². The van der Waals surface area contributed by atoms with Crippen LogP contribution in [0.4, 0.5) is 11.5 Å². The van der Waals surface area contributed by atoms with Crippen LogP contribution in [0.3, 0.4) is 0 Å². The van der Waals surface area contributed by atoms with Crippen molar-refractivity contribution in [3.8, 4) is 0 Å². The van der Waals surface area contributed by atoms with Gasteiger partial charge in [0.1, 0.15) is 5.82 Å². The van der Waals surface area contributed by atoms with Gasteiger partial charge in [0.15, 0.2) is 0 Å². The van der Waals surface area contributed by atoms with Crippen molar-refractivity contribution in [1.82, 2.24) is 4.98 Å². The number of pyridine rings is 1. The zero-order chi connectivity index (χ0) is 12.7. The molecule has 5 nitrogen and oxygen atoms in total. The molecule has 0 bridgehead atoms. The lowest BCUT2D eigenvalue weighted by atomic mass is 10.2. The standard InChI is InChI=1S/C12H20N4O/c1-3-4-7-16(9-11(13)17)10-5-6-15-12(8-10)14-2/h5-6,8H,3-4,7,9H2,1-2H3,(H2,13,17)(H,14,15). The Morgan fingerprint density at radius 3 is 2.94 bits per heavy atom. The van der Waals surface area contributed by atoms with E-state index in [1.165, 1.54) is 0 Å². The summed E-state index contributed by atoms with van der Waals surface area (Å²) in [6.07, 6.45) is 3.84. The molecule has 1 heterocycles. The van der Waals surface area contributed by atoms with Gasteiger partial charge in [0.25, 0.3) is 0 Å². The van der Waals surface area contributed by atoms with Crippen LogP contribution in [0, 0.1) is 0 Å². The predicted octanol–water partition coefficient (Wildman–Crippen LogP) is 1.22. The number of hydrogen-bond donors (Lipinski definition) is 2. The van der Waals surface area contributed by atoms with Crippen molar-refractivity contribution in [3.05, 3.63) is 18.3 Å². The molecule has 0 unspecified atom stereocenters. The fourth-order valence-electron chi connectivity index (χ4n) is 1.59. The summed E-state index contributed by atoms with van der Waals surface area (Å²) >= 11 is 0. The van der Waals surface area contributed by atoms with Gasteiger partial charge in [-0.15, -0.1) is 0 Å². The topological polar surface area (TPSA) is 71.2 Å². The van der Waals surface area contributed by atoms with Gasteiger partial charge in [0.2, 0.25) is 5.91 Å². The maximum Gasteiger partial charge on any atom is 0.236 e. The highest BCUT2D eigenvalue weighted by Crippen LogP contribution is 2.17. The lowest BCUT2D eigenvalue weighted by Gasteiger charge is -2.23. The van der Waals surface area contributed by atoms with Crippen molar-refractivity contribution < 1.29 is 4.79 Å². The Hall–Kier alpha value is -1.78.